The number of hydrogen-bond donors (Lipinski definition) is 2. The van der Waals surface area contributed by atoms with Gasteiger partial charge in [0, 0.05) is 46.5 Å². The molecule has 0 unspecified atom stereocenters. The van der Waals surface area contributed by atoms with Gasteiger partial charge < -0.3 is 20.2 Å². The van der Waals surface area contributed by atoms with Gasteiger partial charge in [0.1, 0.15) is 6.54 Å². The number of amides is 1. The number of rotatable bonds is 5. The van der Waals surface area contributed by atoms with Crippen LogP contribution in [0.5, 0.6) is 0 Å². The highest BCUT2D eigenvalue weighted by molar-refractivity contribution is 14.0. The van der Waals surface area contributed by atoms with Crippen molar-refractivity contribution in [3.63, 3.8) is 0 Å². The van der Waals surface area contributed by atoms with Crippen LogP contribution in [0.2, 0.25) is 0 Å². The van der Waals surface area contributed by atoms with Crippen molar-refractivity contribution in [1.82, 2.24) is 20.0 Å². The van der Waals surface area contributed by atoms with Gasteiger partial charge in [0.05, 0.1) is 11.9 Å². The zero-order valence-electron chi connectivity index (χ0n) is 16.2. The van der Waals surface area contributed by atoms with E-state index in [1.54, 1.807) is 22.8 Å². The zero-order valence-corrected chi connectivity index (χ0v) is 18.6. The van der Waals surface area contributed by atoms with E-state index in [0.717, 1.165) is 44.0 Å². The fraction of sp³-hybridized carbons (Fsp3) is 0.722. The van der Waals surface area contributed by atoms with Crippen molar-refractivity contribution in [1.29, 1.82) is 0 Å². The monoisotopic (exact) mass is 490 g/mol. The summed E-state index contributed by atoms with van der Waals surface area (Å²) in [6, 6.07) is 0. The van der Waals surface area contributed by atoms with E-state index in [-0.39, 0.29) is 41.9 Å². The molecule has 0 bridgehead atoms. The summed E-state index contributed by atoms with van der Waals surface area (Å²) < 4.78 is 1.71. The maximum Gasteiger partial charge on any atom is 0.246 e. The second-order valence-electron chi connectivity index (χ2n) is 7.42. The number of halogens is 1. The minimum absolute atomic E-state index is 0. The van der Waals surface area contributed by atoms with Gasteiger partial charge in [-0.1, -0.05) is 12.8 Å². The van der Waals surface area contributed by atoms with Crippen molar-refractivity contribution in [3.05, 3.63) is 12.4 Å². The molecule has 1 aliphatic carbocycles. The summed E-state index contributed by atoms with van der Waals surface area (Å²) in [4.78, 5) is 20.8. The lowest BCUT2D eigenvalue weighted by molar-refractivity contribution is -0.120. The van der Waals surface area contributed by atoms with Crippen LogP contribution in [0.3, 0.4) is 0 Å². The molecule has 1 amide bonds. The molecule has 2 aliphatic rings. The molecular formula is C18H31IN6O2. The largest absolute Gasteiger partial charge is 0.396 e. The van der Waals surface area contributed by atoms with Crippen molar-refractivity contribution >= 4 is 41.5 Å². The molecule has 1 aromatic rings. The Hall–Kier alpha value is -1.36. The number of aryl methyl sites for hydroxylation is 1. The number of carbonyl (C=O) groups is 1. The molecule has 1 saturated carbocycles. The summed E-state index contributed by atoms with van der Waals surface area (Å²) in [5.41, 5.74) is 1.000. The minimum atomic E-state index is 0. The Morgan fingerprint density at radius 1 is 1.37 bits per heavy atom. The molecule has 27 heavy (non-hydrogen) atoms. The number of anilines is 1. The molecule has 2 heterocycles. The molecular weight excluding hydrogens is 459 g/mol. The SMILES string of the molecule is CN=C(NCC1(CCO)CCCC1)N1CCN(c2cnn(C)c2)C(=O)C1.I. The average Bonchev–Trinajstić information content (AvgIpc) is 3.26. The van der Waals surface area contributed by atoms with E-state index >= 15 is 0 Å². The van der Waals surface area contributed by atoms with E-state index in [1.807, 2.05) is 18.1 Å². The van der Waals surface area contributed by atoms with Crippen LogP contribution in [-0.4, -0.2) is 71.5 Å². The number of aromatic nitrogens is 2. The van der Waals surface area contributed by atoms with Gasteiger partial charge >= 0.3 is 0 Å². The van der Waals surface area contributed by atoms with Gasteiger partial charge in [0.25, 0.3) is 0 Å². The maximum atomic E-state index is 12.6. The van der Waals surface area contributed by atoms with Crippen LogP contribution < -0.4 is 10.2 Å². The Labute approximate surface area is 178 Å². The fourth-order valence-corrected chi connectivity index (χ4v) is 4.15. The first-order valence-corrected chi connectivity index (χ1v) is 9.42. The lowest BCUT2D eigenvalue weighted by Gasteiger charge is -2.37. The Morgan fingerprint density at radius 2 is 2.11 bits per heavy atom. The van der Waals surface area contributed by atoms with Crippen molar-refractivity contribution in [2.24, 2.45) is 17.5 Å². The fourth-order valence-electron chi connectivity index (χ4n) is 4.15. The number of hydrogen-bond acceptors (Lipinski definition) is 4. The van der Waals surface area contributed by atoms with E-state index in [2.05, 4.69) is 15.4 Å². The number of nitrogens with zero attached hydrogens (tertiary/aromatic N) is 5. The Kier molecular flexibility index (Phi) is 7.90. The van der Waals surface area contributed by atoms with E-state index in [4.69, 9.17) is 0 Å². The van der Waals surface area contributed by atoms with Crippen LogP contribution in [0.4, 0.5) is 5.69 Å². The van der Waals surface area contributed by atoms with Gasteiger partial charge in [-0.3, -0.25) is 14.5 Å². The van der Waals surface area contributed by atoms with Crippen LogP contribution in [0.15, 0.2) is 17.4 Å². The molecule has 9 heteroatoms. The molecule has 2 fully saturated rings. The van der Waals surface area contributed by atoms with Crippen molar-refractivity contribution in [2.75, 3.05) is 44.7 Å². The minimum Gasteiger partial charge on any atom is -0.396 e. The topological polar surface area (TPSA) is 86.0 Å². The Balaban J connectivity index is 0.00000261. The number of aliphatic hydroxyl groups excluding tert-OH is 1. The van der Waals surface area contributed by atoms with Crippen LogP contribution in [-0.2, 0) is 11.8 Å². The predicted octanol–water partition coefficient (Wildman–Crippen LogP) is 1.20. The second-order valence-corrected chi connectivity index (χ2v) is 7.42. The van der Waals surface area contributed by atoms with Gasteiger partial charge in [0.15, 0.2) is 5.96 Å². The number of nitrogens with one attached hydrogen (secondary N) is 1. The van der Waals surface area contributed by atoms with Gasteiger partial charge in [0.2, 0.25) is 5.91 Å². The highest BCUT2D eigenvalue weighted by atomic mass is 127. The normalized spacial score (nSPS) is 20.0. The molecule has 0 spiro atoms. The number of guanidine groups is 1. The van der Waals surface area contributed by atoms with Crippen molar-refractivity contribution in [3.8, 4) is 0 Å². The molecule has 1 saturated heterocycles. The number of aliphatic hydroxyl groups is 1. The summed E-state index contributed by atoms with van der Waals surface area (Å²) in [5, 5.41) is 17.0. The lowest BCUT2D eigenvalue weighted by atomic mass is 9.83. The standard InChI is InChI=1S/C18H30N6O2.HI/c1-19-17(20-14-18(7-10-25)5-3-4-6-18)23-8-9-24(16(26)13-23)15-11-21-22(2)12-15;/h11-12,25H,3-10,13-14H2,1-2H3,(H,19,20);1H. The number of aliphatic imine (C=N–C) groups is 1. The lowest BCUT2D eigenvalue weighted by Crippen LogP contribution is -2.56. The molecule has 0 aromatic carbocycles. The molecule has 1 aliphatic heterocycles. The number of carbonyl (C=O) groups excluding carboxylic acids is 1. The van der Waals surface area contributed by atoms with Crippen molar-refractivity contribution in [2.45, 2.75) is 32.1 Å². The van der Waals surface area contributed by atoms with E-state index in [9.17, 15) is 9.90 Å². The van der Waals surface area contributed by atoms with Crippen LogP contribution in [0.1, 0.15) is 32.1 Å². The first kappa shape index (κ1) is 21.9. The van der Waals surface area contributed by atoms with Crippen LogP contribution in [0, 0.1) is 5.41 Å². The van der Waals surface area contributed by atoms with E-state index in [1.165, 1.54) is 12.8 Å². The molecule has 3 rings (SSSR count). The molecule has 8 nitrogen and oxygen atoms in total. The van der Waals surface area contributed by atoms with Crippen LogP contribution >= 0.6 is 24.0 Å². The highest BCUT2D eigenvalue weighted by Crippen LogP contribution is 2.40. The smallest absolute Gasteiger partial charge is 0.246 e. The van der Waals surface area contributed by atoms with E-state index < -0.39 is 0 Å². The highest BCUT2D eigenvalue weighted by Gasteiger charge is 2.34. The third kappa shape index (κ3) is 5.13. The summed E-state index contributed by atoms with van der Waals surface area (Å²) >= 11 is 0. The Bertz CT molecular complexity index is 656. The first-order chi connectivity index (χ1) is 12.6. The molecule has 2 N–H and O–H groups in total. The molecule has 0 atom stereocenters. The predicted molar refractivity (Wildman–Crippen MR) is 117 cm³/mol. The molecule has 152 valence electrons. The molecule has 1 aromatic heterocycles. The third-order valence-corrected chi connectivity index (χ3v) is 5.66. The summed E-state index contributed by atoms with van der Waals surface area (Å²) in [5.74, 6) is 0.825. The van der Waals surface area contributed by atoms with Gasteiger partial charge in [-0.25, -0.2) is 0 Å². The van der Waals surface area contributed by atoms with Crippen molar-refractivity contribution < 1.29 is 9.90 Å². The quantitative estimate of drug-likeness (QED) is 0.368. The maximum absolute atomic E-state index is 12.6. The summed E-state index contributed by atoms with van der Waals surface area (Å²) in [6.07, 6.45) is 9.14. The summed E-state index contributed by atoms with van der Waals surface area (Å²) in [6.45, 7) is 2.68. The average molecular weight is 490 g/mol. The Morgan fingerprint density at radius 3 is 2.67 bits per heavy atom. The zero-order chi connectivity index (χ0) is 18.6. The van der Waals surface area contributed by atoms with Gasteiger partial charge in [-0.05, 0) is 24.7 Å². The summed E-state index contributed by atoms with van der Waals surface area (Å²) in [7, 11) is 3.61. The second kappa shape index (κ2) is 9.72. The van der Waals surface area contributed by atoms with Gasteiger partial charge in [-0.15, -0.1) is 24.0 Å². The van der Waals surface area contributed by atoms with Gasteiger partial charge in [-0.2, -0.15) is 5.10 Å². The third-order valence-electron chi connectivity index (χ3n) is 5.66. The first-order valence-electron chi connectivity index (χ1n) is 9.42. The number of piperazine rings is 1. The van der Waals surface area contributed by atoms with Crippen LogP contribution in [0.25, 0.3) is 0 Å². The van der Waals surface area contributed by atoms with E-state index in [0.29, 0.717) is 13.1 Å². The molecule has 0 radical (unpaired) electrons.